The second-order valence-electron chi connectivity index (χ2n) is 3.18. The SMILES string of the molecule is CCCCc1ccc(B([O-])[O-])cc1.C[NH3+].C[NH3+]. The molecule has 0 atom stereocenters. The predicted octanol–water partition coefficient (Wildman–Crippen LogP) is -2.84. The highest BCUT2D eigenvalue weighted by atomic mass is 16.4. The smallest absolute Gasteiger partial charge is 0.0634 e. The van der Waals surface area contributed by atoms with Crippen LogP contribution in [-0.2, 0) is 6.42 Å². The molecule has 6 N–H and O–H groups in total. The van der Waals surface area contributed by atoms with Gasteiger partial charge in [-0.3, -0.25) is 0 Å². The van der Waals surface area contributed by atoms with Crippen molar-refractivity contribution in [1.29, 1.82) is 0 Å². The van der Waals surface area contributed by atoms with Gasteiger partial charge in [-0.2, -0.15) is 0 Å². The molecule has 1 rings (SSSR count). The number of benzene rings is 1. The topological polar surface area (TPSA) is 101 Å². The van der Waals surface area contributed by atoms with Crippen LogP contribution in [0.1, 0.15) is 25.3 Å². The third kappa shape index (κ3) is 8.88. The van der Waals surface area contributed by atoms with Crippen molar-refractivity contribution in [2.24, 2.45) is 0 Å². The molecule has 0 radical (unpaired) electrons. The second kappa shape index (κ2) is 13.2. The second-order valence-corrected chi connectivity index (χ2v) is 3.18. The van der Waals surface area contributed by atoms with Crippen LogP contribution in [0.25, 0.3) is 0 Å². The van der Waals surface area contributed by atoms with Gasteiger partial charge >= 0.3 is 0 Å². The molecule has 1 aromatic carbocycles. The van der Waals surface area contributed by atoms with Crippen LogP contribution in [-0.4, -0.2) is 21.2 Å². The Bertz CT molecular complexity index is 253. The fraction of sp³-hybridized carbons (Fsp3) is 0.500. The lowest BCUT2D eigenvalue weighted by molar-refractivity contribution is -0.341. The van der Waals surface area contributed by atoms with E-state index in [1.807, 2.05) is 12.1 Å². The van der Waals surface area contributed by atoms with Crippen LogP contribution in [0.15, 0.2) is 24.3 Å². The van der Waals surface area contributed by atoms with E-state index in [4.69, 9.17) is 0 Å². The van der Waals surface area contributed by atoms with Gasteiger partial charge in [0.05, 0.1) is 14.1 Å². The van der Waals surface area contributed by atoms with Crippen LogP contribution in [0.5, 0.6) is 0 Å². The molecule has 0 saturated heterocycles. The van der Waals surface area contributed by atoms with E-state index >= 15 is 0 Å². The Balaban J connectivity index is 0. The average Bonchev–Trinajstić information content (AvgIpc) is 2.41. The molecule has 0 unspecified atom stereocenters. The Morgan fingerprint density at radius 1 is 1.00 bits per heavy atom. The molecule has 1 aromatic rings. The molecule has 0 fully saturated rings. The highest BCUT2D eigenvalue weighted by molar-refractivity contribution is 6.55. The zero-order valence-corrected chi connectivity index (χ0v) is 11.2. The molecule has 0 amide bonds. The lowest BCUT2D eigenvalue weighted by atomic mass is 9.80. The maximum absolute atomic E-state index is 10.5. The van der Waals surface area contributed by atoms with E-state index in [0.29, 0.717) is 5.46 Å². The maximum Gasteiger partial charge on any atom is 0.0634 e. The van der Waals surface area contributed by atoms with Crippen LogP contribution < -0.4 is 27.0 Å². The van der Waals surface area contributed by atoms with Crippen molar-refractivity contribution in [1.82, 2.24) is 0 Å². The number of aryl methyl sites for hydroxylation is 1. The van der Waals surface area contributed by atoms with Gasteiger partial charge in [0.25, 0.3) is 0 Å². The first kappa shape index (κ1) is 18.5. The maximum atomic E-state index is 10.5. The largest absolute Gasteiger partial charge is 0.889 e. The minimum absolute atomic E-state index is 0.334. The van der Waals surface area contributed by atoms with Crippen molar-refractivity contribution in [3.05, 3.63) is 29.8 Å². The van der Waals surface area contributed by atoms with Crippen molar-refractivity contribution in [2.75, 3.05) is 14.1 Å². The zero-order valence-electron chi connectivity index (χ0n) is 11.2. The van der Waals surface area contributed by atoms with Gasteiger partial charge < -0.3 is 21.5 Å². The van der Waals surface area contributed by atoms with E-state index in [0.717, 1.165) is 19.3 Å². The summed E-state index contributed by atoms with van der Waals surface area (Å²) in [7, 11) is 1.65. The Labute approximate surface area is 105 Å². The van der Waals surface area contributed by atoms with Gasteiger partial charge in [0.2, 0.25) is 0 Å². The van der Waals surface area contributed by atoms with Crippen molar-refractivity contribution < 1.29 is 21.5 Å². The van der Waals surface area contributed by atoms with Crippen LogP contribution in [0.3, 0.4) is 0 Å². The molecule has 0 spiro atoms. The quantitative estimate of drug-likeness (QED) is 0.554. The fourth-order valence-corrected chi connectivity index (χ4v) is 1.22. The molecule has 0 aliphatic carbocycles. The highest BCUT2D eigenvalue weighted by Gasteiger charge is 1.92. The van der Waals surface area contributed by atoms with E-state index in [2.05, 4.69) is 18.4 Å². The molecular formula is C12H25BN2O2. The molecule has 0 heterocycles. The first-order chi connectivity index (χ1) is 8.24. The fourth-order valence-electron chi connectivity index (χ4n) is 1.22. The van der Waals surface area contributed by atoms with Gasteiger partial charge in [-0.25, -0.2) is 0 Å². The summed E-state index contributed by atoms with van der Waals surface area (Å²) in [6, 6.07) is 7.01. The highest BCUT2D eigenvalue weighted by Crippen LogP contribution is 2.02. The molecule has 0 aliphatic heterocycles. The summed E-state index contributed by atoms with van der Waals surface area (Å²) in [4.78, 5) is 0. The molecule has 0 aromatic heterocycles. The molecule has 0 saturated carbocycles. The first-order valence-corrected chi connectivity index (χ1v) is 6.06. The van der Waals surface area contributed by atoms with Gasteiger partial charge in [0.1, 0.15) is 0 Å². The minimum atomic E-state index is -1.85. The Morgan fingerprint density at radius 3 is 1.82 bits per heavy atom. The molecule has 5 heteroatoms. The summed E-state index contributed by atoms with van der Waals surface area (Å²) in [5.41, 5.74) is 8.03. The summed E-state index contributed by atoms with van der Waals surface area (Å²) < 4.78 is 0. The third-order valence-electron chi connectivity index (χ3n) is 2.07. The Kier molecular flexibility index (Phi) is 14.3. The molecule has 0 bridgehead atoms. The summed E-state index contributed by atoms with van der Waals surface area (Å²) in [5.74, 6) is 0. The molecule has 4 nitrogen and oxygen atoms in total. The molecule has 0 aliphatic rings. The van der Waals surface area contributed by atoms with Gasteiger partial charge in [-0.05, 0) is 18.4 Å². The predicted molar refractivity (Wildman–Crippen MR) is 68.1 cm³/mol. The van der Waals surface area contributed by atoms with Crippen LogP contribution in [0.2, 0.25) is 0 Å². The van der Waals surface area contributed by atoms with Crippen LogP contribution in [0, 0.1) is 0 Å². The molecular weight excluding hydrogens is 215 g/mol. The van der Waals surface area contributed by atoms with E-state index in [1.165, 1.54) is 5.56 Å². The van der Waals surface area contributed by atoms with E-state index in [9.17, 15) is 10.0 Å². The van der Waals surface area contributed by atoms with Crippen molar-refractivity contribution >= 4 is 12.6 Å². The normalized spacial score (nSPS) is 8.41. The van der Waals surface area contributed by atoms with Crippen LogP contribution >= 0.6 is 0 Å². The van der Waals surface area contributed by atoms with Gasteiger partial charge in [-0.1, -0.05) is 44.7 Å². The monoisotopic (exact) mass is 240 g/mol. The first-order valence-electron chi connectivity index (χ1n) is 6.06. The minimum Gasteiger partial charge on any atom is -0.889 e. The van der Waals surface area contributed by atoms with E-state index in [-0.39, 0.29) is 0 Å². The summed E-state index contributed by atoms with van der Waals surface area (Å²) in [5, 5.41) is 21.0. The van der Waals surface area contributed by atoms with Gasteiger partial charge in [0.15, 0.2) is 0 Å². The van der Waals surface area contributed by atoms with Crippen molar-refractivity contribution in [3.63, 3.8) is 0 Å². The van der Waals surface area contributed by atoms with Crippen molar-refractivity contribution in [3.8, 4) is 0 Å². The number of hydrogen-bond acceptors (Lipinski definition) is 2. The Hall–Kier alpha value is -0.875. The average molecular weight is 240 g/mol. The summed E-state index contributed by atoms with van der Waals surface area (Å²) in [6.45, 7) is 2.14. The van der Waals surface area contributed by atoms with E-state index < -0.39 is 7.12 Å². The molecule has 98 valence electrons. The van der Waals surface area contributed by atoms with Gasteiger partial charge in [0, 0.05) is 0 Å². The lowest BCUT2D eigenvalue weighted by Gasteiger charge is -2.26. The number of rotatable bonds is 4. The summed E-state index contributed by atoms with van der Waals surface area (Å²) >= 11 is 0. The molecule has 17 heavy (non-hydrogen) atoms. The van der Waals surface area contributed by atoms with E-state index in [1.54, 1.807) is 26.2 Å². The number of unbranched alkanes of at least 4 members (excludes halogenated alkanes) is 1. The third-order valence-corrected chi connectivity index (χ3v) is 2.07. The standard InChI is InChI=1S/C10H13BO2.2CH5N/c1-2-3-4-9-5-7-10(8-6-9)11(12)13;2*1-2/h5-8H,2-4H2,1H3;2*2H2,1H3/q-2;;/p+2. The zero-order chi connectivity index (χ0) is 13.7. The van der Waals surface area contributed by atoms with Crippen molar-refractivity contribution in [2.45, 2.75) is 26.2 Å². The van der Waals surface area contributed by atoms with Gasteiger partial charge in [-0.15, -0.1) is 5.46 Å². The van der Waals surface area contributed by atoms with Crippen LogP contribution in [0.4, 0.5) is 0 Å². The number of hydrogen-bond donors (Lipinski definition) is 2. The lowest BCUT2D eigenvalue weighted by Crippen LogP contribution is -2.55. The summed E-state index contributed by atoms with van der Waals surface area (Å²) in [6.07, 6.45) is 3.34. The Morgan fingerprint density at radius 2 is 1.47 bits per heavy atom. The number of quaternary nitrogens is 2.